The van der Waals surface area contributed by atoms with Crippen LogP contribution in [0.4, 0.5) is 0 Å². The predicted molar refractivity (Wildman–Crippen MR) is 50.8 cm³/mol. The second-order valence-electron chi connectivity index (χ2n) is 3.33. The first kappa shape index (κ1) is 9.64. The zero-order valence-corrected chi connectivity index (χ0v) is 8.29. The summed E-state index contributed by atoms with van der Waals surface area (Å²) in [5, 5.41) is 8.86. The molecule has 4 nitrogen and oxygen atoms in total. The first-order valence-corrected chi connectivity index (χ1v) is 6.01. The molecule has 0 aliphatic carbocycles. The van der Waals surface area contributed by atoms with Gasteiger partial charge in [0.1, 0.15) is 0 Å². The molecule has 14 heavy (non-hydrogen) atoms. The lowest BCUT2D eigenvalue weighted by Gasteiger charge is -2.23. The van der Waals surface area contributed by atoms with Crippen molar-refractivity contribution < 1.29 is 13.6 Å². The van der Waals surface area contributed by atoms with Gasteiger partial charge in [-0.15, -0.1) is 0 Å². The molecule has 0 spiro atoms. The molecule has 1 aromatic rings. The third kappa shape index (κ3) is 1.43. The molecule has 0 aromatic heterocycles. The summed E-state index contributed by atoms with van der Waals surface area (Å²) in [4.78, 5) is 0.331. The van der Waals surface area contributed by atoms with Crippen molar-refractivity contribution in [2.75, 3.05) is 5.75 Å². The molecule has 1 aromatic carbocycles. The van der Waals surface area contributed by atoms with Crippen LogP contribution in [0.15, 0.2) is 29.2 Å². The third-order valence-corrected chi connectivity index (χ3v) is 4.28. The second-order valence-corrected chi connectivity index (χ2v) is 5.40. The Morgan fingerprint density at radius 2 is 2.07 bits per heavy atom. The Bertz CT molecular complexity index is 441. The van der Waals surface area contributed by atoms with Crippen LogP contribution in [0.5, 0.6) is 0 Å². The van der Waals surface area contributed by atoms with Crippen molar-refractivity contribution in [2.24, 2.45) is 0 Å². The topological polar surface area (TPSA) is 66.4 Å². The SMILES string of the molecule is O=S1(=O)CCC(NO)c2ccccc21. The summed E-state index contributed by atoms with van der Waals surface area (Å²) in [6, 6.07) is 6.49. The average Bonchev–Trinajstić information content (AvgIpc) is 2.18. The summed E-state index contributed by atoms with van der Waals surface area (Å²) in [5.41, 5.74) is 2.79. The molecule has 0 fully saturated rings. The van der Waals surface area contributed by atoms with Gasteiger partial charge in [-0.25, -0.2) is 8.42 Å². The molecule has 0 radical (unpaired) electrons. The number of hydrogen-bond donors (Lipinski definition) is 2. The predicted octanol–water partition coefficient (Wildman–Crippen LogP) is 0.884. The second kappa shape index (κ2) is 3.34. The molecule has 5 heteroatoms. The molecule has 1 aliphatic rings. The number of benzene rings is 1. The molecule has 0 saturated heterocycles. The van der Waals surface area contributed by atoms with Crippen LogP contribution in [-0.2, 0) is 9.84 Å². The molecule has 1 unspecified atom stereocenters. The fourth-order valence-electron chi connectivity index (χ4n) is 1.72. The molecular formula is C9H11NO3S. The van der Waals surface area contributed by atoms with Crippen LogP contribution in [0, 0.1) is 0 Å². The highest BCUT2D eigenvalue weighted by Gasteiger charge is 2.29. The number of rotatable bonds is 1. The smallest absolute Gasteiger partial charge is 0.178 e. The molecule has 0 amide bonds. The van der Waals surface area contributed by atoms with Crippen molar-refractivity contribution >= 4 is 9.84 Å². The van der Waals surface area contributed by atoms with E-state index in [0.717, 1.165) is 0 Å². The van der Waals surface area contributed by atoms with Gasteiger partial charge in [0.05, 0.1) is 16.7 Å². The van der Waals surface area contributed by atoms with E-state index in [2.05, 4.69) is 5.48 Å². The molecule has 2 N–H and O–H groups in total. The minimum Gasteiger partial charge on any atom is -0.316 e. The van der Waals surface area contributed by atoms with E-state index in [1.54, 1.807) is 24.3 Å². The summed E-state index contributed by atoms with van der Waals surface area (Å²) < 4.78 is 23.3. The van der Waals surface area contributed by atoms with E-state index < -0.39 is 9.84 Å². The highest BCUT2D eigenvalue weighted by Crippen LogP contribution is 2.31. The molecule has 1 atom stereocenters. The van der Waals surface area contributed by atoms with Gasteiger partial charge < -0.3 is 5.21 Å². The minimum absolute atomic E-state index is 0.0856. The van der Waals surface area contributed by atoms with Crippen LogP contribution in [0.25, 0.3) is 0 Å². The normalized spacial score (nSPS) is 24.2. The first-order chi connectivity index (χ1) is 6.65. The monoisotopic (exact) mass is 213 g/mol. The Labute approximate surface area is 82.4 Å². The minimum atomic E-state index is -3.14. The Morgan fingerprint density at radius 1 is 1.36 bits per heavy atom. The molecular weight excluding hydrogens is 202 g/mol. The van der Waals surface area contributed by atoms with Gasteiger partial charge in [0.15, 0.2) is 9.84 Å². The van der Waals surface area contributed by atoms with E-state index in [0.29, 0.717) is 16.9 Å². The van der Waals surface area contributed by atoms with Gasteiger partial charge in [0, 0.05) is 0 Å². The van der Waals surface area contributed by atoms with Crippen LogP contribution < -0.4 is 5.48 Å². The summed E-state index contributed by atoms with van der Waals surface area (Å²) in [6.45, 7) is 0. The van der Waals surface area contributed by atoms with E-state index in [1.165, 1.54) is 0 Å². The molecule has 0 bridgehead atoms. The van der Waals surface area contributed by atoms with E-state index in [-0.39, 0.29) is 11.8 Å². The van der Waals surface area contributed by atoms with Crippen molar-refractivity contribution in [1.29, 1.82) is 0 Å². The Morgan fingerprint density at radius 3 is 2.79 bits per heavy atom. The van der Waals surface area contributed by atoms with E-state index in [9.17, 15) is 8.42 Å². The Hall–Kier alpha value is -0.910. The van der Waals surface area contributed by atoms with Crippen LogP contribution in [0.3, 0.4) is 0 Å². The van der Waals surface area contributed by atoms with Gasteiger partial charge >= 0.3 is 0 Å². The van der Waals surface area contributed by atoms with Gasteiger partial charge in [0.25, 0.3) is 0 Å². The number of nitrogens with one attached hydrogen (secondary N) is 1. The molecule has 76 valence electrons. The van der Waals surface area contributed by atoms with Crippen LogP contribution in [-0.4, -0.2) is 19.4 Å². The lowest BCUT2D eigenvalue weighted by Crippen LogP contribution is -2.27. The molecule has 1 heterocycles. The molecule has 1 aliphatic heterocycles. The third-order valence-electron chi connectivity index (χ3n) is 2.46. The number of fused-ring (bicyclic) bond motifs is 1. The van der Waals surface area contributed by atoms with Gasteiger partial charge in [0.2, 0.25) is 0 Å². The Balaban J connectivity index is 2.61. The zero-order valence-electron chi connectivity index (χ0n) is 7.47. The quantitative estimate of drug-likeness (QED) is 0.680. The van der Waals surface area contributed by atoms with Crippen molar-refractivity contribution in [3.63, 3.8) is 0 Å². The van der Waals surface area contributed by atoms with Gasteiger partial charge in [-0.05, 0) is 18.1 Å². The summed E-state index contributed by atoms with van der Waals surface area (Å²) in [6.07, 6.45) is 0.413. The van der Waals surface area contributed by atoms with Crippen molar-refractivity contribution in [2.45, 2.75) is 17.4 Å². The van der Waals surface area contributed by atoms with Crippen molar-refractivity contribution in [3.05, 3.63) is 29.8 Å². The van der Waals surface area contributed by atoms with Crippen LogP contribution in [0.2, 0.25) is 0 Å². The lowest BCUT2D eigenvalue weighted by molar-refractivity contribution is 0.122. The van der Waals surface area contributed by atoms with E-state index in [4.69, 9.17) is 5.21 Å². The maximum absolute atomic E-state index is 11.6. The van der Waals surface area contributed by atoms with Crippen LogP contribution in [0.1, 0.15) is 18.0 Å². The highest BCUT2D eigenvalue weighted by atomic mass is 32.2. The van der Waals surface area contributed by atoms with E-state index in [1.807, 2.05) is 0 Å². The largest absolute Gasteiger partial charge is 0.316 e. The lowest BCUT2D eigenvalue weighted by atomic mass is 10.1. The number of hydrogen-bond acceptors (Lipinski definition) is 4. The van der Waals surface area contributed by atoms with Gasteiger partial charge in [-0.2, -0.15) is 5.48 Å². The van der Waals surface area contributed by atoms with Crippen molar-refractivity contribution in [1.82, 2.24) is 5.48 Å². The maximum Gasteiger partial charge on any atom is 0.178 e. The highest BCUT2D eigenvalue weighted by molar-refractivity contribution is 7.91. The zero-order chi connectivity index (χ0) is 10.2. The standard InChI is InChI=1S/C9H11NO3S/c11-10-8-5-6-14(12,13)9-4-2-1-3-7(8)9/h1-4,8,10-11H,5-6H2. The number of hydroxylamine groups is 1. The first-order valence-electron chi connectivity index (χ1n) is 4.36. The summed E-state index contributed by atoms with van der Waals surface area (Å²) in [7, 11) is -3.14. The molecule has 2 rings (SSSR count). The van der Waals surface area contributed by atoms with Gasteiger partial charge in [-0.1, -0.05) is 18.2 Å². The summed E-state index contributed by atoms with van der Waals surface area (Å²) >= 11 is 0. The average molecular weight is 213 g/mol. The van der Waals surface area contributed by atoms with E-state index >= 15 is 0 Å². The van der Waals surface area contributed by atoms with Crippen molar-refractivity contribution in [3.8, 4) is 0 Å². The molecule has 0 saturated carbocycles. The number of sulfone groups is 1. The Kier molecular flexibility index (Phi) is 2.30. The maximum atomic E-state index is 11.6. The summed E-state index contributed by atoms with van der Waals surface area (Å²) in [5.74, 6) is 0.0856. The van der Waals surface area contributed by atoms with Crippen LogP contribution >= 0.6 is 0 Å². The fourth-order valence-corrected chi connectivity index (χ4v) is 3.35. The fraction of sp³-hybridized carbons (Fsp3) is 0.333. The van der Waals surface area contributed by atoms with Gasteiger partial charge in [-0.3, -0.25) is 0 Å².